The third kappa shape index (κ3) is 2.96. The minimum Gasteiger partial charge on any atom is -0.472 e. The van der Waals surface area contributed by atoms with Gasteiger partial charge in [-0.2, -0.15) is 0 Å². The molecule has 0 radical (unpaired) electrons. The molecule has 6 N–H and O–H groups in total. The van der Waals surface area contributed by atoms with Crippen LogP contribution in [-0.4, -0.2) is 41.1 Å². The summed E-state index contributed by atoms with van der Waals surface area (Å²) < 4.78 is 11.4. The van der Waals surface area contributed by atoms with Crippen LogP contribution in [0.5, 0.6) is 0 Å². The fourth-order valence-corrected chi connectivity index (χ4v) is 8.09. The fraction of sp³-hybridized carbons (Fsp3) is 0.769. The number of nitrogens with two attached hydrogens (primary N) is 2. The van der Waals surface area contributed by atoms with Gasteiger partial charge in [-0.05, 0) is 74.7 Å². The van der Waals surface area contributed by atoms with Crippen LogP contribution in [0.15, 0.2) is 34.7 Å². The minimum atomic E-state index is -1.04. The zero-order valence-corrected chi connectivity index (χ0v) is 19.6. The van der Waals surface area contributed by atoms with Crippen molar-refractivity contribution in [3.05, 3.63) is 35.8 Å². The Balaban J connectivity index is 1.41. The van der Waals surface area contributed by atoms with Crippen molar-refractivity contribution in [1.29, 1.82) is 0 Å². The van der Waals surface area contributed by atoms with Gasteiger partial charge in [-0.3, -0.25) is 0 Å². The maximum absolute atomic E-state index is 12.3. The zero-order valence-electron chi connectivity index (χ0n) is 19.6. The second-order valence-electron chi connectivity index (χ2n) is 11.4. The van der Waals surface area contributed by atoms with Crippen molar-refractivity contribution in [2.45, 2.75) is 88.6 Å². The van der Waals surface area contributed by atoms with Crippen LogP contribution in [0.4, 0.5) is 0 Å². The number of rotatable bonds is 5. The molecule has 1 aromatic rings. The van der Waals surface area contributed by atoms with Crippen LogP contribution >= 0.6 is 0 Å². The van der Waals surface area contributed by atoms with Gasteiger partial charge in [-0.25, -0.2) is 0 Å². The predicted molar refractivity (Wildman–Crippen MR) is 123 cm³/mol. The zero-order chi connectivity index (χ0) is 22.8. The van der Waals surface area contributed by atoms with Crippen LogP contribution in [0.3, 0.4) is 0 Å². The Hall–Kier alpha value is -1.18. The normalized spacial score (nSPS) is 46.7. The molecule has 5 rings (SSSR count). The quantitative estimate of drug-likeness (QED) is 0.519. The third-order valence-corrected chi connectivity index (χ3v) is 10.2. The highest BCUT2D eigenvalue weighted by atomic mass is 16.5. The van der Waals surface area contributed by atoms with Gasteiger partial charge in [-0.1, -0.05) is 25.5 Å². The van der Waals surface area contributed by atoms with E-state index in [4.69, 9.17) is 20.6 Å². The number of hydrogen-bond donors (Lipinski definition) is 4. The Morgan fingerprint density at radius 3 is 2.66 bits per heavy atom. The van der Waals surface area contributed by atoms with Gasteiger partial charge in [0.25, 0.3) is 0 Å². The van der Waals surface area contributed by atoms with Gasteiger partial charge in [0.15, 0.2) is 0 Å². The molecule has 178 valence electrons. The van der Waals surface area contributed by atoms with Crippen LogP contribution in [0.1, 0.15) is 70.8 Å². The number of ether oxygens (including phenoxy) is 1. The van der Waals surface area contributed by atoms with E-state index in [9.17, 15) is 10.2 Å². The molecule has 0 bridgehead atoms. The SMILES string of the molecule is C[C@]12CCC(OC[C@@H](N)CN)C=C1CC[C@@H]1[C@H]2CC[C@]2(C)C(O)(c3ccoc3)CC[C@@]12O. The van der Waals surface area contributed by atoms with Gasteiger partial charge in [0.2, 0.25) is 0 Å². The van der Waals surface area contributed by atoms with Crippen molar-refractivity contribution >= 4 is 0 Å². The summed E-state index contributed by atoms with van der Waals surface area (Å²) in [6.45, 7) is 5.45. The summed E-state index contributed by atoms with van der Waals surface area (Å²) in [6, 6.07) is 1.75. The number of hydrogen-bond acceptors (Lipinski definition) is 6. The molecule has 4 aliphatic rings. The topological polar surface area (TPSA) is 115 Å². The van der Waals surface area contributed by atoms with E-state index in [2.05, 4.69) is 19.9 Å². The molecule has 3 saturated carbocycles. The molecule has 6 heteroatoms. The minimum absolute atomic E-state index is 0.0895. The van der Waals surface area contributed by atoms with Gasteiger partial charge in [-0.15, -0.1) is 0 Å². The second kappa shape index (κ2) is 7.67. The summed E-state index contributed by atoms with van der Waals surface area (Å²) in [4.78, 5) is 0. The molecule has 1 aromatic heterocycles. The lowest BCUT2D eigenvalue weighted by Gasteiger charge is -2.62. The van der Waals surface area contributed by atoms with Crippen molar-refractivity contribution in [2.75, 3.05) is 13.2 Å². The smallest absolute Gasteiger partial charge is 0.101 e. The number of aliphatic hydroxyl groups is 2. The highest BCUT2D eigenvalue weighted by Gasteiger charge is 2.71. The fourth-order valence-electron chi connectivity index (χ4n) is 8.09. The molecule has 4 aliphatic carbocycles. The van der Waals surface area contributed by atoms with Crippen LogP contribution in [0.2, 0.25) is 0 Å². The second-order valence-corrected chi connectivity index (χ2v) is 11.4. The monoisotopic (exact) mass is 444 g/mol. The molecule has 8 atom stereocenters. The first kappa shape index (κ1) is 22.6. The van der Waals surface area contributed by atoms with E-state index in [1.54, 1.807) is 12.5 Å². The van der Waals surface area contributed by atoms with Crippen molar-refractivity contribution in [1.82, 2.24) is 0 Å². The number of allylic oxidation sites excluding steroid dienone is 1. The van der Waals surface area contributed by atoms with Gasteiger partial charge >= 0.3 is 0 Å². The molecule has 2 unspecified atom stereocenters. The summed E-state index contributed by atoms with van der Waals surface area (Å²) in [7, 11) is 0. The Labute approximate surface area is 191 Å². The molecule has 1 heterocycles. The molecule has 3 fully saturated rings. The first-order valence-corrected chi connectivity index (χ1v) is 12.4. The van der Waals surface area contributed by atoms with Crippen LogP contribution in [-0.2, 0) is 10.3 Å². The summed E-state index contributed by atoms with van der Waals surface area (Å²) in [6.07, 6.45) is 12.8. The Morgan fingerprint density at radius 2 is 1.94 bits per heavy atom. The van der Waals surface area contributed by atoms with Gasteiger partial charge in [0.1, 0.15) is 5.60 Å². The highest BCUT2D eigenvalue weighted by molar-refractivity contribution is 5.33. The Bertz CT molecular complexity index is 871. The maximum Gasteiger partial charge on any atom is 0.101 e. The first-order chi connectivity index (χ1) is 15.2. The van der Waals surface area contributed by atoms with Crippen molar-refractivity contribution < 1.29 is 19.4 Å². The van der Waals surface area contributed by atoms with Crippen molar-refractivity contribution in [3.8, 4) is 0 Å². The van der Waals surface area contributed by atoms with Gasteiger partial charge < -0.3 is 30.8 Å². The molecule has 0 aliphatic heterocycles. The van der Waals surface area contributed by atoms with Crippen molar-refractivity contribution in [3.63, 3.8) is 0 Å². The van der Waals surface area contributed by atoms with Crippen LogP contribution in [0, 0.1) is 22.7 Å². The number of fused-ring (bicyclic) bond motifs is 5. The standard InChI is InChI=1S/C26H40N2O4/c1-23-8-5-20(32-16-19(28)14-27)13-17(23)3-4-22-21(23)6-9-24(2)25(29,10-11-26(22,24)30)18-7-12-31-15-18/h7,12-13,15,19-22,29-30H,3-6,8-11,14,16,27-28H2,1-2H3/t19-,20?,21+,22+,23-,24+,25?,26+/m0/s1. The van der Waals surface area contributed by atoms with E-state index < -0.39 is 16.6 Å². The Morgan fingerprint density at radius 1 is 1.12 bits per heavy atom. The molecule has 6 nitrogen and oxygen atoms in total. The molecular formula is C26H40N2O4. The largest absolute Gasteiger partial charge is 0.472 e. The summed E-state index contributed by atoms with van der Waals surface area (Å²) in [5.74, 6) is 0.631. The first-order valence-electron chi connectivity index (χ1n) is 12.4. The summed E-state index contributed by atoms with van der Waals surface area (Å²) in [5, 5.41) is 24.1. The van der Waals surface area contributed by atoms with E-state index in [0.717, 1.165) is 44.1 Å². The number of furan rings is 1. The Kier molecular flexibility index (Phi) is 5.42. The molecule has 0 amide bonds. The summed E-state index contributed by atoms with van der Waals surface area (Å²) >= 11 is 0. The molecule has 32 heavy (non-hydrogen) atoms. The lowest BCUT2D eigenvalue weighted by atomic mass is 9.44. The lowest BCUT2D eigenvalue weighted by molar-refractivity contribution is -0.222. The predicted octanol–water partition coefficient (Wildman–Crippen LogP) is 3.22. The van der Waals surface area contributed by atoms with Crippen LogP contribution < -0.4 is 11.5 Å². The van der Waals surface area contributed by atoms with E-state index in [0.29, 0.717) is 31.9 Å². The summed E-state index contributed by atoms with van der Waals surface area (Å²) in [5.41, 5.74) is 11.5. The average molecular weight is 445 g/mol. The third-order valence-electron chi connectivity index (χ3n) is 10.2. The maximum atomic E-state index is 12.3. The average Bonchev–Trinajstić information content (AvgIpc) is 3.39. The van der Waals surface area contributed by atoms with Gasteiger partial charge in [0.05, 0.1) is 30.8 Å². The van der Waals surface area contributed by atoms with E-state index >= 15 is 0 Å². The van der Waals surface area contributed by atoms with E-state index in [1.165, 1.54) is 5.57 Å². The molecule has 0 saturated heterocycles. The molecule has 0 aromatic carbocycles. The van der Waals surface area contributed by atoms with Crippen LogP contribution in [0.25, 0.3) is 0 Å². The van der Waals surface area contributed by atoms with Crippen molar-refractivity contribution in [2.24, 2.45) is 34.1 Å². The lowest BCUT2D eigenvalue weighted by Crippen LogP contribution is -2.63. The molecular weight excluding hydrogens is 404 g/mol. The highest BCUT2D eigenvalue weighted by Crippen LogP contribution is 2.71. The van der Waals surface area contributed by atoms with E-state index in [1.807, 2.05) is 6.07 Å². The van der Waals surface area contributed by atoms with Gasteiger partial charge in [0, 0.05) is 23.6 Å². The van der Waals surface area contributed by atoms with E-state index in [-0.39, 0.29) is 23.5 Å². The molecule has 0 spiro atoms.